The average molecular weight is 168 g/mol. The van der Waals surface area contributed by atoms with E-state index >= 15 is 0 Å². The number of rotatable bonds is 2. The summed E-state index contributed by atoms with van der Waals surface area (Å²) in [5.41, 5.74) is 0. The van der Waals surface area contributed by atoms with Crippen LogP contribution in [0.15, 0.2) is 0 Å². The zero-order valence-electron chi connectivity index (χ0n) is 7.33. The van der Waals surface area contributed by atoms with Crippen LogP contribution in [0, 0.1) is 11.8 Å². The van der Waals surface area contributed by atoms with E-state index in [2.05, 4.69) is 5.32 Å². The van der Waals surface area contributed by atoms with E-state index in [-0.39, 0.29) is 0 Å². The smallest absolute Gasteiger partial charge is 0.209 e. The number of nitrogens with zero attached hydrogens (tertiary/aromatic N) is 1. The lowest BCUT2D eigenvalue weighted by Crippen LogP contribution is -2.50. The molecule has 0 aromatic carbocycles. The number of carbonyl (C=O) groups is 1. The van der Waals surface area contributed by atoms with E-state index in [0.29, 0.717) is 0 Å². The van der Waals surface area contributed by atoms with Gasteiger partial charge in [0, 0.05) is 13.1 Å². The van der Waals surface area contributed by atoms with Crippen molar-refractivity contribution in [1.29, 1.82) is 0 Å². The van der Waals surface area contributed by atoms with Gasteiger partial charge in [-0.05, 0) is 37.8 Å². The van der Waals surface area contributed by atoms with Crippen LogP contribution in [0.4, 0.5) is 0 Å². The Morgan fingerprint density at radius 1 is 1.17 bits per heavy atom. The van der Waals surface area contributed by atoms with Gasteiger partial charge >= 0.3 is 0 Å². The molecule has 2 rings (SSSR count). The van der Waals surface area contributed by atoms with E-state index in [4.69, 9.17) is 0 Å². The maximum absolute atomic E-state index is 10.3. The zero-order valence-corrected chi connectivity index (χ0v) is 7.33. The number of hydrogen-bond donors (Lipinski definition) is 1. The molecule has 0 aromatic rings. The highest BCUT2D eigenvalue weighted by Crippen LogP contribution is 2.28. The van der Waals surface area contributed by atoms with Crippen LogP contribution in [0.25, 0.3) is 0 Å². The van der Waals surface area contributed by atoms with Crippen molar-refractivity contribution in [3.05, 3.63) is 0 Å². The van der Waals surface area contributed by atoms with Gasteiger partial charge in [0.25, 0.3) is 0 Å². The third-order valence-corrected chi connectivity index (χ3v) is 3.14. The highest BCUT2D eigenvalue weighted by Gasteiger charge is 2.32. The van der Waals surface area contributed by atoms with Gasteiger partial charge in [-0.2, -0.15) is 0 Å². The summed E-state index contributed by atoms with van der Waals surface area (Å²) in [6.45, 7) is 4.35. The lowest BCUT2D eigenvalue weighted by Gasteiger charge is -2.42. The number of amides is 1. The molecular weight excluding hydrogens is 152 g/mol. The molecule has 0 radical (unpaired) electrons. The maximum Gasteiger partial charge on any atom is 0.209 e. The van der Waals surface area contributed by atoms with E-state index in [0.717, 1.165) is 31.3 Å². The normalized spacial score (nSPS) is 26.8. The van der Waals surface area contributed by atoms with Gasteiger partial charge in [0.15, 0.2) is 0 Å². The molecular formula is C9H16N2O. The molecule has 0 atom stereocenters. The van der Waals surface area contributed by atoms with E-state index in [1.165, 1.54) is 25.9 Å². The molecule has 0 bridgehead atoms. The number of hydrogen-bond acceptors (Lipinski definition) is 2. The van der Waals surface area contributed by atoms with Crippen LogP contribution in [0.1, 0.15) is 12.8 Å². The van der Waals surface area contributed by atoms with E-state index < -0.39 is 0 Å². The molecule has 2 aliphatic rings. The highest BCUT2D eigenvalue weighted by molar-refractivity contribution is 5.48. The van der Waals surface area contributed by atoms with Crippen molar-refractivity contribution in [2.75, 3.05) is 26.2 Å². The Labute approximate surface area is 73.1 Å². The van der Waals surface area contributed by atoms with Crippen molar-refractivity contribution in [2.24, 2.45) is 11.8 Å². The number of carbonyl (C=O) groups excluding carboxylic acids is 1. The summed E-state index contributed by atoms with van der Waals surface area (Å²) in [6.07, 6.45) is 3.58. The Kier molecular flexibility index (Phi) is 2.30. The largest absolute Gasteiger partial charge is 0.345 e. The Morgan fingerprint density at radius 3 is 2.42 bits per heavy atom. The first-order chi connectivity index (χ1) is 5.90. The SMILES string of the molecule is O=CN1CC(C2CCNCC2)C1. The van der Waals surface area contributed by atoms with Crippen LogP contribution in [-0.4, -0.2) is 37.5 Å². The predicted octanol–water partition coefficient (Wildman–Crippen LogP) is 0.0742. The molecule has 1 N–H and O–H groups in total. The molecule has 2 saturated heterocycles. The second kappa shape index (κ2) is 3.44. The molecule has 1 amide bonds. The molecule has 3 nitrogen and oxygen atoms in total. The number of likely N-dealkylation sites (tertiary alicyclic amines) is 1. The maximum atomic E-state index is 10.3. The van der Waals surface area contributed by atoms with E-state index in [9.17, 15) is 4.79 Å². The van der Waals surface area contributed by atoms with Crippen molar-refractivity contribution < 1.29 is 4.79 Å². The van der Waals surface area contributed by atoms with Crippen molar-refractivity contribution in [3.63, 3.8) is 0 Å². The van der Waals surface area contributed by atoms with Crippen molar-refractivity contribution >= 4 is 6.41 Å². The predicted molar refractivity (Wildman–Crippen MR) is 46.7 cm³/mol. The zero-order chi connectivity index (χ0) is 8.39. The Balaban J connectivity index is 1.75. The highest BCUT2D eigenvalue weighted by atomic mass is 16.1. The van der Waals surface area contributed by atoms with Crippen LogP contribution < -0.4 is 5.32 Å². The number of nitrogens with one attached hydrogen (secondary N) is 1. The summed E-state index contributed by atoms with van der Waals surface area (Å²) in [4.78, 5) is 12.2. The standard InChI is InChI=1S/C9H16N2O/c12-7-11-5-9(6-11)8-1-3-10-4-2-8/h7-10H,1-6H2. The minimum atomic E-state index is 0.803. The van der Waals surface area contributed by atoms with Crippen molar-refractivity contribution in [2.45, 2.75) is 12.8 Å². The quantitative estimate of drug-likeness (QED) is 0.592. The molecule has 68 valence electrons. The molecule has 0 spiro atoms. The van der Waals surface area contributed by atoms with Gasteiger partial charge in [0.2, 0.25) is 6.41 Å². The topological polar surface area (TPSA) is 32.3 Å². The molecule has 2 fully saturated rings. The summed E-state index contributed by atoms with van der Waals surface area (Å²) >= 11 is 0. The van der Waals surface area contributed by atoms with Gasteiger partial charge in [0.1, 0.15) is 0 Å². The van der Waals surface area contributed by atoms with Crippen LogP contribution in [-0.2, 0) is 4.79 Å². The van der Waals surface area contributed by atoms with Crippen LogP contribution in [0.3, 0.4) is 0 Å². The molecule has 2 aliphatic heterocycles. The monoisotopic (exact) mass is 168 g/mol. The second-order valence-corrected chi connectivity index (χ2v) is 3.91. The fourth-order valence-electron chi connectivity index (χ4n) is 2.25. The molecule has 12 heavy (non-hydrogen) atoms. The van der Waals surface area contributed by atoms with Gasteiger partial charge in [-0.3, -0.25) is 4.79 Å². The molecule has 0 aromatic heterocycles. The molecule has 0 saturated carbocycles. The minimum Gasteiger partial charge on any atom is -0.345 e. The van der Waals surface area contributed by atoms with Crippen molar-refractivity contribution in [3.8, 4) is 0 Å². The summed E-state index contributed by atoms with van der Waals surface area (Å²) < 4.78 is 0. The van der Waals surface area contributed by atoms with Crippen LogP contribution >= 0.6 is 0 Å². The third kappa shape index (κ3) is 1.46. The van der Waals surface area contributed by atoms with Gasteiger partial charge in [-0.15, -0.1) is 0 Å². The van der Waals surface area contributed by atoms with Crippen molar-refractivity contribution in [1.82, 2.24) is 10.2 Å². The molecule has 0 aliphatic carbocycles. The van der Waals surface area contributed by atoms with Crippen LogP contribution in [0.5, 0.6) is 0 Å². The van der Waals surface area contributed by atoms with Gasteiger partial charge in [-0.25, -0.2) is 0 Å². The van der Waals surface area contributed by atoms with Gasteiger partial charge < -0.3 is 10.2 Å². The lowest BCUT2D eigenvalue weighted by molar-refractivity contribution is -0.125. The third-order valence-electron chi connectivity index (χ3n) is 3.14. The van der Waals surface area contributed by atoms with E-state index in [1.807, 2.05) is 4.90 Å². The summed E-state index contributed by atoms with van der Waals surface area (Å²) in [6, 6.07) is 0. The second-order valence-electron chi connectivity index (χ2n) is 3.91. The molecule has 2 heterocycles. The Bertz CT molecular complexity index is 160. The fraction of sp³-hybridized carbons (Fsp3) is 0.889. The lowest BCUT2D eigenvalue weighted by atomic mass is 9.80. The fourth-order valence-corrected chi connectivity index (χ4v) is 2.25. The van der Waals surface area contributed by atoms with Gasteiger partial charge in [0.05, 0.1) is 0 Å². The van der Waals surface area contributed by atoms with Crippen LogP contribution in [0.2, 0.25) is 0 Å². The van der Waals surface area contributed by atoms with Gasteiger partial charge in [-0.1, -0.05) is 0 Å². The summed E-state index contributed by atoms with van der Waals surface area (Å²) in [5.74, 6) is 1.68. The average Bonchev–Trinajstić information content (AvgIpc) is 2.04. The van der Waals surface area contributed by atoms with E-state index in [1.54, 1.807) is 0 Å². The Morgan fingerprint density at radius 2 is 1.83 bits per heavy atom. The first-order valence-corrected chi connectivity index (χ1v) is 4.80. The summed E-state index contributed by atoms with van der Waals surface area (Å²) in [5, 5.41) is 3.36. The molecule has 3 heteroatoms. The summed E-state index contributed by atoms with van der Waals surface area (Å²) in [7, 11) is 0. The minimum absolute atomic E-state index is 0.803. The Hall–Kier alpha value is -0.570. The molecule has 0 unspecified atom stereocenters. The first kappa shape index (κ1) is 8.05. The number of piperidine rings is 1. The first-order valence-electron chi connectivity index (χ1n) is 4.80.